The van der Waals surface area contributed by atoms with Crippen LogP contribution >= 0.6 is 0 Å². The minimum Gasteiger partial charge on any atom is -0.503 e. The Labute approximate surface area is 175 Å². The second-order valence-corrected chi connectivity index (χ2v) is 8.03. The fraction of sp³-hybridized carbons (Fsp3) is 0.381. The third-order valence-electron chi connectivity index (χ3n) is 6.16. The van der Waals surface area contributed by atoms with Gasteiger partial charge >= 0.3 is 0 Å². The van der Waals surface area contributed by atoms with Crippen LogP contribution in [0.5, 0.6) is 5.75 Å². The topological polar surface area (TPSA) is 101 Å². The van der Waals surface area contributed by atoms with Crippen molar-refractivity contribution in [2.45, 2.75) is 50.7 Å². The van der Waals surface area contributed by atoms with Gasteiger partial charge in [-0.05, 0) is 25.3 Å². The molecule has 3 aliphatic rings. The number of nitrogens with zero attached hydrogens (tertiary/aromatic N) is 2. The van der Waals surface area contributed by atoms with Crippen molar-refractivity contribution in [3.63, 3.8) is 0 Å². The Hall–Kier alpha value is -3.27. The summed E-state index contributed by atoms with van der Waals surface area (Å²) >= 11 is 0. The number of fused-ring (bicyclic) bond motifs is 5. The van der Waals surface area contributed by atoms with Gasteiger partial charge in [-0.3, -0.25) is 14.4 Å². The number of halogens is 2. The van der Waals surface area contributed by atoms with Gasteiger partial charge in [0.05, 0.1) is 12.6 Å². The molecule has 8 nitrogen and oxygen atoms in total. The maximum absolute atomic E-state index is 13.8. The first-order valence-corrected chi connectivity index (χ1v) is 10.00. The molecular weight excluding hydrogens is 412 g/mol. The van der Waals surface area contributed by atoms with Crippen LogP contribution in [0, 0.1) is 11.6 Å². The van der Waals surface area contributed by atoms with Crippen molar-refractivity contribution in [2.24, 2.45) is 0 Å². The number of amides is 2. The van der Waals surface area contributed by atoms with Crippen molar-refractivity contribution >= 4 is 11.8 Å². The van der Waals surface area contributed by atoms with E-state index < -0.39 is 40.9 Å². The highest BCUT2D eigenvalue weighted by Gasteiger charge is 2.47. The van der Waals surface area contributed by atoms with Crippen LogP contribution in [-0.4, -0.2) is 44.8 Å². The summed E-state index contributed by atoms with van der Waals surface area (Å²) in [5.41, 5.74) is -1.51. The van der Waals surface area contributed by atoms with Crippen molar-refractivity contribution in [3.05, 3.63) is 63.1 Å². The third-order valence-corrected chi connectivity index (χ3v) is 6.16. The molecule has 31 heavy (non-hydrogen) atoms. The van der Waals surface area contributed by atoms with Crippen LogP contribution < -0.4 is 10.7 Å². The first kappa shape index (κ1) is 19.7. The third kappa shape index (κ3) is 3.18. The predicted molar refractivity (Wildman–Crippen MR) is 102 cm³/mol. The number of benzene rings is 1. The van der Waals surface area contributed by atoms with Crippen LogP contribution in [0.1, 0.15) is 45.7 Å². The molecule has 1 aliphatic carbocycles. The molecule has 1 aromatic carbocycles. The maximum atomic E-state index is 13.8. The summed E-state index contributed by atoms with van der Waals surface area (Å²) in [5, 5.41) is 12.8. The smallest absolute Gasteiger partial charge is 0.276 e. The Bertz CT molecular complexity index is 1160. The average Bonchev–Trinajstić information content (AvgIpc) is 3.10. The zero-order valence-corrected chi connectivity index (χ0v) is 16.3. The van der Waals surface area contributed by atoms with Gasteiger partial charge in [0.2, 0.25) is 5.43 Å². The number of hydrogen-bond donors (Lipinski definition) is 2. The van der Waals surface area contributed by atoms with E-state index in [1.54, 1.807) is 4.90 Å². The van der Waals surface area contributed by atoms with Gasteiger partial charge in [-0.25, -0.2) is 8.78 Å². The lowest BCUT2D eigenvalue weighted by Crippen LogP contribution is -2.57. The van der Waals surface area contributed by atoms with E-state index in [0.717, 1.165) is 25.3 Å². The summed E-state index contributed by atoms with van der Waals surface area (Å²) in [6.07, 6.45) is 3.13. The predicted octanol–water partition coefficient (Wildman–Crippen LogP) is 1.50. The van der Waals surface area contributed by atoms with Gasteiger partial charge in [0.1, 0.15) is 17.2 Å². The SMILES string of the molecule is O=C(NCc1ccc(F)cc1F)c1cn2c(c(O)c1=O)C(=O)N1C3CCC(C3)OC1C2. The van der Waals surface area contributed by atoms with E-state index in [2.05, 4.69) is 5.32 Å². The number of pyridine rings is 1. The van der Waals surface area contributed by atoms with E-state index in [0.29, 0.717) is 6.07 Å². The lowest BCUT2D eigenvalue weighted by Gasteiger charge is -2.44. The minimum absolute atomic E-state index is 0.00748. The van der Waals surface area contributed by atoms with Crippen LogP contribution in [0.4, 0.5) is 8.78 Å². The Morgan fingerprint density at radius 2 is 2.06 bits per heavy atom. The lowest BCUT2D eigenvalue weighted by atomic mass is 10.1. The van der Waals surface area contributed by atoms with Crippen LogP contribution in [0.2, 0.25) is 0 Å². The number of carbonyl (C=O) groups is 2. The van der Waals surface area contributed by atoms with Gasteiger partial charge in [-0.15, -0.1) is 0 Å². The second kappa shape index (κ2) is 7.16. The Balaban J connectivity index is 1.43. The Kier molecular flexibility index (Phi) is 4.54. The van der Waals surface area contributed by atoms with Crippen molar-refractivity contribution in [3.8, 4) is 5.75 Å². The maximum Gasteiger partial charge on any atom is 0.276 e. The first-order valence-electron chi connectivity index (χ1n) is 10.00. The van der Waals surface area contributed by atoms with Crippen LogP contribution in [0.15, 0.2) is 29.2 Å². The van der Waals surface area contributed by atoms with Gasteiger partial charge in [-0.2, -0.15) is 0 Å². The molecule has 2 fully saturated rings. The molecule has 2 aliphatic heterocycles. The molecule has 5 rings (SSSR count). The van der Waals surface area contributed by atoms with E-state index in [1.807, 2.05) is 0 Å². The second-order valence-electron chi connectivity index (χ2n) is 8.03. The molecule has 2 aromatic rings. The Morgan fingerprint density at radius 3 is 2.84 bits per heavy atom. The molecule has 0 spiro atoms. The zero-order valence-electron chi connectivity index (χ0n) is 16.3. The number of nitrogens with one attached hydrogen (secondary N) is 1. The van der Waals surface area contributed by atoms with Crippen molar-refractivity contribution in [1.29, 1.82) is 0 Å². The first-order chi connectivity index (χ1) is 14.8. The summed E-state index contributed by atoms with van der Waals surface area (Å²) < 4.78 is 34.1. The van der Waals surface area contributed by atoms with E-state index >= 15 is 0 Å². The molecule has 1 saturated carbocycles. The molecule has 2 bridgehead atoms. The van der Waals surface area contributed by atoms with Crippen molar-refractivity contribution in [1.82, 2.24) is 14.8 Å². The number of hydrogen-bond acceptors (Lipinski definition) is 5. The molecule has 162 valence electrons. The number of rotatable bonds is 3. The minimum atomic E-state index is -0.989. The number of aromatic hydroxyl groups is 1. The van der Waals surface area contributed by atoms with E-state index in [-0.39, 0.29) is 42.1 Å². The summed E-state index contributed by atoms with van der Waals surface area (Å²) in [4.78, 5) is 39.8. The van der Waals surface area contributed by atoms with Crippen molar-refractivity contribution < 1.29 is 28.2 Å². The average molecular weight is 431 g/mol. The molecule has 0 radical (unpaired) electrons. The Morgan fingerprint density at radius 1 is 1.26 bits per heavy atom. The zero-order chi connectivity index (χ0) is 21.9. The fourth-order valence-corrected chi connectivity index (χ4v) is 4.65. The van der Waals surface area contributed by atoms with Crippen LogP contribution in [0.3, 0.4) is 0 Å². The highest BCUT2D eigenvalue weighted by molar-refractivity contribution is 5.99. The summed E-state index contributed by atoms with van der Waals surface area (Å²) in [6, 6.07) is 2.94. The summed E-state index contributed by atoms with van der Waals surface area (Å²) in [6.45, 7) is -0.108. The van der Waals surface area contributed by atoms with E-state index in [4.69, 9.17) is 4.74 Å². The van der Waals surface area contributed by atoms with E-state index in [9.17, 15) is 28.3 Å². The van der Waals surface area contributed by atoms with Gasteiger partial charge in [0.15, 0.2) is 17.7 Å². The lowest BCUT2D eigenvalue weighted by molar-refractivity contribution is -0.132. The highest BCUT2D eigenvalue weighted by Crippen LogP contribution is 2.38. The summed E-state index contributed by atoms with van der Waals surface area (Å²) in [7, 11) is 0. The number of aromatic nitrogens is 1. The molecule has 1 saturated heterocycles. The highest BCUT2D eigenvalue weighted by atomic mass is 19.1. The summed E-state index contributed by atoms with van der Waals surface area (Å²) in [5.74, 6) is -3.73. The molecule has 2 amide bonds. The fourth-order valence-electron chi connectivity index (χ4n) is 4.65. The standard InChI is InChI=1S/C21H19F2N3O5/c22-11-2-1-10(15(23)5-11)7-24-20(29)14-8-25-9-16-26(12-3-4-13(6-12)31-16)21(30)17(25)19(28)18(14)27/h1-2,5,8,12-13,16,28H,3-4,6-7,9H2,(H,24,29). The van der Waals surface area contributed by atoms with Crippen LogP contribution in [-0.2, 0) is 17.8 Å². The van der Waals surface area contributed by atoms with Crippen molar-refractivity contribution in [2.75, 3.05) is 0 Å². The normalized spacial score (nSPS) is 24.0. The molecule has 3 atom stereocenters. The molecule has 3 heterocycles. The number of carbonyl (C=O) groups excluding carboxylic acids is 2. The van der Waals surface area contributed by atoms with E-state index in [1.165, 1.54) is 16.8 Å². The molecule has 1 aromatic heterocycles. The van der Waals surface area contributed by atoms with Gasteiger partial charge < -0.3 is 24.6 Å². The van der Waals surface area contributed by atoms with Gasteiger partial charge in [-0.1, -0.05) is 6.07 Å². The number of ether oxygens (including phenoxy) is 1. The van der Waals surface area contributed by atoms with Crippen LogP contribution in [0.25, 0.3) is 0 Å². The molecule has 3 unspecified atom stereocenters. The molecule has 2 N–H and O–H groups in total. The largest absolute Gasteiger partial charge is 0.503 e. The van der Waals surface area contributed by atoms with Gasteiger partial charge in [0.25, 0.3) is 11.8 Å². The molecular formula is C21H19F2N3O5. The van der Waals surface area contributed by atoms with Gasteiger partial charge in [0, 0.05) is 30.4 Å². The monoisotopic (exact) mass is 431 g/mol. The molecule has 10 heteroatoms. The quantitative estimate of drug-likeness (QED) is 0.767.